The lowest BCUT2D eigenvalue weighted by Gasteiger charge is -2.08. The number of nitrogens with zero attached hydrogens (tertiary/aromatic N) is 4. The van der Waals surface area contributed by atoms with Crippen LogP contribution in [-0.2, 0) is 6.54 Å². The third-order valence-electron chi connectivity index (χ3n) is 3.53. The monoisotopic (exact) mass is 320 g/mol. The minimum Gasteiger partial charge on any atom is -0.329 e. The standard InChI is InChI=1S/C15H14Cl2N4/c1-10-15(8-20-6-5-18-11(20)2)19-9-21(10)12-3-4-13(16)14(17)7-12/h3-7,9H,8H2,1-2H3. The highest BCUT2D eigenvalue weighted by molar-refractivity contribution is 6.42. The van der Waals surface area contributed by atoms with E-state index in [4.69, 9.17) is 23.2 Å². The van der Waals surface area contributed by atoms with Gasteiger partial charge >= 0.3 is 0 Å². The molecule has 21 heavy (non-hydrogen) atoms. The van der Waals surface area contributed by atoms with E-state index in [1.54, 1.807) is 18.6 Å². The number of rotatable bonds is 3. The molecule has 0 aliphatic carbocycles. The minimum atomic E-state index is 0.536. The van der Waals surface area contributed by atoms with Gasteiger partial charge in [0.15, 0.2) is 0 Å². The molecule has 1 aromatic carbocycles. The molecule has 0 aliphatic heterocycles. The first kappa shape index (κ1) is 14.2. The van der Waals surface area contributed by atoms with Gasteiger partial charge in [0.1, 0.15) is 5.82 Å². The molecule has 0 spiro atoms. The second kappa shape index (κ2) is 5.54. The second-order valence-electron chi connectivity index (χ2n) is 4.85. The predicted octanol–water partition coefficient (Wildman–Crippen LogP) is 4.04. The Morgan fingerprint density at radius 1 is 1.10 bits per heavy atom. The number of imidazole rings is 2. The Morgan fingerprint density at radius 2 is 1.90 bits per heavy atom. The van der Waals surface area contributed by atoms with Crippen LogP contribution < -0.4 is 0 Å². The van der Waals surface area contributed by atoms with E-state index < -0.39 is 0 Å². The zero-order chi connectivity index (χ0) is 15.0. The van der Waals surface area contributed by atoms with E-state index in [2.05, 4.69) is 14.5 Å². The lowest BCUT2D eigenvalue weighted by atomic mass is 10.3. The zero-order valence-corrected chi connectivity index (χ0v) is 13.2. The zero-order valence-electron chi connectivity index (χ0n) is 11.7. The van der Waals surface area contributed by atoms with Gasteiger partial charge in [0, 0.05) is 23.8 Å². The van der Waals surface area contributed by atoms with Gasteiger partial charge in [0.25, 0.3) is 0 Å². The van der Waals surface area contributed by atoms with Gasteiger partial charge in [0.2, 0.25) is 0 Å². The molecule has 0 N–H and O–H groups in total. The molecule has 4 nitrogen and oxygen atoms in total. The van der Waals surface area contributed by atoms with Gasteiger partial charge in [-0.25, -0.2) is 9.97 Å². The fraction of sp³-hybridized carbons (Fsp3) is 0.200. The number of hydrogen-bond acceptors (Lipinski definition) is 2. The van der Waals surface area contributed by atoms with Gasteiger partial charge in [0.05, 0.1) is 28.6 Å². The van der Waals surface area contributed by atoms with Crippen LogP contribution in [0.3, 0.4) is 0 Å². The minimum absolute atomic E-state index is 0.536. The maximum atomic E-state index is 6.08. The average molecular weight is 321 g/mol. The second-order valence-corrected chi connectivity index (χ2v) is 5.66. The van der Waals surface area contributed by atoms with Crippen LogP contribution in [0.2, 0.25) is 10.0 Å². The number of aryl methyl sites for hydroxylation is 1. The maximum absolute atomic E-state index is 6.08. The van der Waals surface area contributed by atoms with Gasteiger partial charge in [-0.2, -0.15) is 0 Å². The van der Waals surface area contributed by atoms with Crippen molar-refractivity contribution >= 4 is 23.2 Å². The molecule has 0 fully saturated rings. The fourth-order valence-corrected chi connectivity index (χ4v) is 2.52. The van der Waals surface area contributed by atoms with Gasteiger partial charge in [-0.15, -0.1) is 0 Å². The summed E-state index contributed by atoms with van der Waals surface area (Å²) in [6, 6.07) is 5.55. The summed E-state index contributed by atoms with van der Waals surface area (Å²) in [5.74, 6) is 0.971. The molecule has 0 amide bonds. The summed E-state index contributed by atoms with van der Waals surface area (Å²) < 4.78 is 4.07. The average Bonchev–Trinajstić information content (AvgIpc) is 3.02. The Balaban J connectivity index is 1.95. The van der Waals surface area contributed by atoms with Crippen molar-refractivity contribution in [3.8, 4) is 5.69 Å². The Labute approximate surface area is 133 Å². The largest absolute Gasteiger partial charge is 0.329 e. The molecule has 0 saturated carbocycles. The van der Waals surface area contributed by atoms with Crippen LogP contribution in [0.25, 0.3) is 5.69 Å². The van der Waals surface area contributed by atoms with Crippen LogP contribution in [0, 0.1) is 13.8 Å². The van der Waals surface area contributed by atoms with E-state index >= 15 is 0 Å². The number of aromatic nitrogens is 4. The summed E-state index contributed by atoms with van der Waals surface area (Å²) in [4.78, 5) is 8.72. The van der Waals surface area contributed by atoms with Crippen molar-refractivity contribution in [2.24, 2.45) is 0 Å². The molecule has 6 heteroatoms. The van der Waals surface area contributed by atoms with Crippen molar-refractivity contribution in [1.29, 1.82) is 0 Å². The van der Waals surface area contributed by atoms with E-state index in [9.17, 15) is 0 Å². The molecule has 2 aromatic heterocycles. The van der Waals surface area contributed by atoms with Gasteiger partial charge in [-0.3, -0.25) is 0 Å². The first-order chi connectivity index (χ1) is 10.1. The van der Waals surface area contributed by atoms with Crippen LogP contribution in [0.1, 0.15) is 17.2 Å². The van der Waals surface area contributed by atoms with Gasteiger partial charge in [-0.05, 0) is 32.0 Å². The van der Waals surface area contributed by atoms with Crippen LogP contribution >= 0.6 is 23.2 Å². The molecule has 0 aliphatic rings. The molecule has 0 saturated heterocycles. The van der Waals surface area contributed by atoms with Crippen molar-refractivity contribution in [3.63, 3.8) is 0 Å². The molecule has 0 bridgehead atoms. The van der Waals surface area contributed by atoms with Crippen LogP contribution in [0.5, 0.6) is 0 Å². The van der Waals surface area contributed by atoms with Crippen molar-refractivity contribution in [3.05, 3.63) is 64.2 Å². The first-order valence-electron chi connectivity index (χ1n) is 6.52. The third kappa shape index (κ3) is 2.69. The van der Waals surface area contributed by atoms with Crippen LogP contribution in [0.15, 0.2) is 36.9 Å². The van der Waals surface area contributed by atoms with Crippen molar-refractivity contribution in [2.45, 2.75) is 20.4 Å². The van der Waals surface area contributed by atoms with E-state index in [-0.39, 0.29) is 0 Å². The molecule has 0 atom stereocenters. The summed E-state index contributed by atoms with van der Waals surface area (Å²) >= 11 is 12.0. The molecule has 2 heterocycles. The Bertz CT molecular complexity index is 789. The first-order valence-corrected chi connectivity index (χ1v) is 7.28. The SMILES string of the molecule is Cc1nccn1Cc1ncn(-c2ccc(Cl)c(Cl)c2)c1C. The van der Waals surface area contributed by atoms with Gasteiger partial charge < -0.3 is 9.13 Å². The maximum Gasteiger partial charge on any atom is 0.105 e. The lowest BCUT2D eigenvalue weighted by Crippen LogP contribution is -2.04. The highest BCUT2D eigenvalue weighted by Crippen LogP contribution is 2.25. The summed E-state index contributed by atoms with van der Waals surface area (Å²) in [5.41, 5.74) is 3.02. The van der Waals surface area contributed by atoms with Crippen molar-refractivity contribution in [1.82, 2.24) is 19.1 Å². The quantitative estimate of drug-likeness (QED) is 0.730. The highest BCUT2D eigenvalue weighted by atomic mass is 35.5. The molecule has 3 rings (SSSR count). The normalized spacial score (nSPS) is 11.0. The topological polar surface area (TPSA) is 35.6 Å². The third-order valence-corrected chi connectivity index (χ3v) is 4.27. The predicted molar refractivity (Wildman–Crippen MR) is 84.4 cm³/mol. The molecule has 3 aromatic rings. The van der Waals surface area contributed by atoms with Crippen LogP contribution in [0.4, 0.5) is 0 Å². The Kier molecular flexibility index (Phi) is 3.74. The van der Waals surface area contributed by atoms with E-state index in [1.165, 1.54) is 0 Å². The number of hydrogen-bond donors (Lipinski definition) is 0. The smallest absolute Gasteiger partial charge is 0.105 e. The molecule has 0 unspecified atom stereocenters. The van der Waals surface area contributed by atoms with E-state index in [1.807, 2.05) is 36.7 Å². The number of halogens is 2. The Morgan fingerprint density at radius 3 is 2.57 bits per heavy atom. The Hall–Kier alpha value is -1.78. The summed E-state index contributed by atoms with van der Waals surface area (Å²) in [5, 5.41) is 1.08. The molecular weight excluding hydrogens is 307 g/mol. The van der Waals surface area contributed by atoms with Crippen molar-refractivity contribution < 1.29 is 0 Å². The molecule has 108 valence electrons. The molecule has 0 radical (unpaired) electrons. The summed E-state index contributed by atoms with van der Waals surface area (Å²) in [7, 11) is 0. The van der Waals surface area contributed by atoms with E-state index in [0.29, 0.717) is 16.6 Å². The lowest BCUT2D eigenvalue weighted by molar-refractivity contribution is 0.740. The highest BCUT2D eigenvalue weighted by Gasteiger charge is 2.10. The van der Waals surface area contributed by atoms with E-state index in [0.717, 1.165) is 22.9 Å². The summed E-state index contributed by atoms with van der Waals surface area (Å²) in [6.45, 7) is 4.72. The van der Waals surface area contributed by atoms with Crippen LogP contribution in [-0.4, -0.2) is 19.1 Å². The fourth-order valence-electron chi connectivity index (χ4n) is 2.23. The number of benzene rings is 1. The van der Waals surface area contributed by atoms with Crippen molar-refractivity contribution in [2.75, 3.05) is 0 Å². The van der Waals surface area contributed by atoms with Gasteiger partial charge in [-0.1, -0.05) is 23.2 Å². The summed E-state index contributed by atoms with van der Waals surface area (Å²) in [6.07, 6.45) is 5.55. The molecular formula is C15H14Cl2N4.